The van der Waals surface area contributed by atoms with Crippen LogP contribution in [-0.2, 0) is 11.0 Å². The maximum Gasteiger partial charge on any atom is 0.416 e. The van der Waals surface area contributed by atoms with Crippen LogP contribution in [0, 0.1) is 0 Å². The van der Waals surface area contributed by atoms with Crippen LogP contribution in [0.5, 0.6) is 0 Å². The summed E-state index contributed by atoms with van der Waals surface area (Å²) in [6.07, 6.45) is -2.78. The minimum atomic E-state index is -4.55. The van der Waals surface area contributed by atoms with Gasteiger partial charge in [0.2, 0.25) is 0 Å². The standard InChI is InChI=1S/C12H13Cl2F3N2OS/c1-11(2,21-3)10(20)19-18-9-7(13)4-6(5-8(9)14)12(15,16)17/h4-5,18H,1-3H3,(H,19,20). The Morgan fingerprint density at radius 3 is 2.05 bits per heavy atom. The van der Waals surface area contributed by atoms with Crippen molar-refractivity contribution in [2.45, 2.75) is 24.8 Å². The van der Waals surface area contributed by atoms with Gasteiger partial charge in [0.15, 0.2) is 0 Å². The Morgan fingerprint density at radius 2 is 1.67 bits per heavy atom. The van der Waals surface area contributed by atoms with Crippen molar-refractivity contribution in [1.29, 1.82) is 0 Å². The quantitative estimate of drug-likeness (QED) is 0.771. The maximum absolute atomic E-state index is 12.6. The highest BCUT2D eigenvalue weighted by Gasteiger charge is 2.32. The molecule has 2 N–H and O–H groups in total. The predicted molar refractivity (Wildman–Crippen MR) is 80.8 cm³/mol. The van der Waals surface area contributed by atoms with E-state index in [0.29, 0.717) is 0 Å². The Hall–Kier alpha value is -0.790. The van der Waals surface area contributed by atoms with E-state index in [0.717, 1.165) is 12.1 Å². The monoisotopic (exact) mass is 360 g/mol. The topological polar surface area (TPSA) is 41.1 Å². The van der Waals surface area contributed by atoms with Gasteiger partial charge in [-0.05, 0) is 32.2 Å². The number of rotatable bonds is 4. The van der Waals surface area contributed by atoms with Gasteiger partial charge in [0.05, 0.1) is 26.0 Å². The van der Waals surface area contributed by atoms with Crippen LogP contribution in [0.25, 0.3) is 0 Å². The van der Waals surface area contributed by atoms with Crippen LogP contribution < -0.4 is 10.9 Å². The molecule has 0 aliphatic heterocycles. The molecule has 1 amide bonds. The summed E-state index contributed by atoms with van der Waals surface area (Å²) in [6, 6.07) is 1.48. The van der Waals surface area contributed by atoms with Crippen molar-refractivity contribution < 1.29 is 18.0 Å². The summed E-state index contributed by atoms with van der Waals surface area (Å²) in [5.74, 6) is -0.359. The number of amides is 1. The molecule has 0 bridgehead atoms. The van der Waals surface area contributed by atoms with Gasteiger partial charge >= 0.3 is 6.18 Å². The molecular weight excluding hydrogens is 348 g/mol. The van der Waals surface area contributed by atoms with Gasteiger partial charge in [0.1, 0.15) is 0 Å². The number of hydrazine groups is 1. The number of halogens is 5. The zero-order chi connectivity index (χ0) is 16.4. The van der Waals surface area contributed by atoms with Gasteiger partial charge in [-0.1, -0.05) is 23.2 Å². The van der Waals surface area contributed by atoms with Crippen molar-refractivity contribution in [3.8, 4) is 0 Å². The Kier molecular flexibility index (Phi) is 5.69. The van der Waals surface area contributed by atoms with E-state index in [1.807, 2.05) is 0 Å². The predicted octanol–water partition coefficient (Wildman–Crippen LogP) is 4.60. The molecule has 21 heavy (non-hydrogen) atoms. The lowest BCUT2D eigenvalue weighted by Crippen LogP contribution is -2.42. The summed E-state index contributed by atoms with van der Waals surface area (Å²) < 4.78 is 37.0. The number of carbonyl (C=O) groups is 1. The summed E-state index contributed by atoms with van der Waals surface area (Å²) >= 11 is 12.9. The van der Waals surface area contributed by atoms with Crippen LogP contribution in [0.4, 0.5) is 18.9 Å². The highest BCUT2D eigenvalue weighted by Crippen LogP contribution is 2.38. The molecule has 0 saturated carbocycles. The molecule has 0 radical (unpaired) electrons. The van der Waals surface area contributed by atoms with E-state index < -0.39 is 16.5 Å². The fourth-order valence-corrected chi connectivity index (χ4v) is 2.04. The second kappa shape index (κ2) is 6.54. The molecule has 0 spiro atoms. The number of anilines is 1. The number of benzene rings is 1. The first-order chi connectivity index (χ1) is 9.49. The first kappa shape index (κ1) is 18.3. The van der Waals surface area contributed by atoms with Crippen LogP contribution in [0.2, 0.25) is 10.0 Å². The van der Waals surface area contributed by atoms with Crippen LogP contribution in [0.3, 0.4) is 0 Å². The van der Waals surface area contributed by atoms with Crippen molar-refractivity contribution in [3.63, 3.8) is 0 Å². The first-order valence-electron chi connectivity index (χ1n) is 5.67. The molecule has 1 aromatic carbocycles. The van der Waals surface area contributed by atoms with Gasteiger partial charge in [-0.15, -0.1) is 11.8 Å². The van der Waals surface area contributed by atoms with Crippen LogP contribution >= 0.6 is 35.0 Å². The van der Waals surface area contributed by atoms with Gasteiger partial charge < -0.3 is 0 Å². The van der Waals surface area contributed by atoms with E-state index in [2.05, 4.69) is 10.9 Å². The largest absolute Gasteiger partial charge is 0.416 e. The number of thioether (sulfide) groups is 1. The lowest BCUT2D eigenvalue weighted by Gasteiger charge is -2.22. The zero-order valence-electron chi connectivity index (χ0n) is 11.4. The molecule has 0 fully saturated rings. The lowest BCUT2D eigenvalue weighted by atomic mass is 10.2. The second-order valence-electron chi connectivity index (χ2n) is 4.61. The summed E-state index contributed by atoms with van der Waals surface area (Å²) in [5.41, 5.74) is 3.88. The zero-order valence-corrected chi connectivity index (χ0v) is 13.7. The summed E-state index contributed by atoms with van der Waals surface area (Å²) in [7, 11) is 0. The smallest absolute Gasteiger partial charge is 0.296 e. The molecule has 118 valence electrons. The average molecular weight is 361 g/mol. The van der Waals surface area contributed by atoms with Gasteiger partial charge in [-0.3, -0.25) is 15.6 Å². The van der Waals surface area contributed by atoms with Crippen molar-refractivity contribution >= 4 is 46.6 Å². The average Bonchev–Trinajstić information content (AvgIpc) is 2.36. The maximum atomic E-state index is 12.6. The Bertz CT molecular complexity index is 527. The van der Waals surface area contributed by atoms with Gasteiger partial charge in [0.25, 0.3) is 5.91 Å². The number of alkyl halides is 3. The van der Waals surface area contributed by atoms with E-state index in [1.54, 1.807) is 20.1 Å². The highest BCUT2D eigenvalue weighted by atomic mass is 35.5. The number of hydrogen-bond acceptors (Lipinski definition) is 3. The third-order valence-electron chi connectivity index (χ3n) is 2.73. The first-order valence-corrected chi connectivity index (χ1v) is 7.65. The molecule has 9 heteroatoms. The fourth-order valence-electron chi connectivity index (χ4n) is 1.22. The van der Waals surface area contributed by atoms with Crippen molar-refractivity contribution in [2.24, 2.45) is 0 Å². The van der Waals surface area contributed by atoms with Gasteiger partial charge in [-0.25, -0.2) is 0 Å². The van der Waals surface area contributed by atoms with Crippen LogP contribution in [0.15, 0.2) is 12.1 Å². The third-order valence-corrected chi connectivity index (χ3v) is 4.53. The highest BCUT2D eigenvalue weighted by molar-refractivity contribution is 8.00. The molecule has 0 aromatic heterocycles. The van der Waals surface area contributed by atoms with E-state index in [-0.39, 0.29) is 21.6 Å². The molecule has 0 heterocycles. The van der Waals surface area contributed by atoms with Crippen LogP contribution in [0.1, 0.15) is 19.4 Å². The van der Waals surface area contributed by atoms with E-state index in [1.165, 1.54) is 11.8 Å². The molecule has 0 saturated heterocycles. The molecule has 0 unspecified atom stereocenters. The SMILES string of the molecule is CSC(C)(C)C(=O)NNc1c(Cl)cc(C(F)(F)F)cc1Cl. The molecule has 0 aliphatic carbocycles. The summed E-state index contributed by atoms with van der Waals surface area (Å²) in [4.78, 5) is 11.9. The minimum Gasteiger partial charge on any atom is -0.296 e. The van der Waals surface area contributed by atoms with Gasteiger partial charge in [0, 0.05) is 0 Å². The summed E-state index contributed by atoms with van der Waals surface area (Å²) in [6.45, 7) is 3.40. The Balaban J connectivity index is 2.94. The van der Waals surface area contributed by atoms with Crippen molar-refractivity contribution in [1.82, 2.24) is 5.43 Å². The van der Waals surface area contributed by atoms with E-state index in [4.69, 9.17) is 23.2 Å². The van der Waals surface area contributed by atoms with E-state index >= 15 is 0 Å². The Morgan fingerprint density at radius 1 is 1.19 bits per heavy atom. The molecular formula is C12H13Cl2F3N2OS. The van der Waals surface area contributed by atoms with Crippen molar-refractivity contribution in [2.75, 3.05) is 11.7 Å². The fraction of sp³-hybridized carbons (Fsp3) is 0.417. The van der Waals surface area contributed by atoms with Crippen LogP contribution in [-0.4, -0.2) is 16.9 Å². The van der Waals surface area contributed by atoms with Crippen molar-refractivity contribution in [3.05, 3.63) is 27.7 Å². The minimum absolute atomic E-state index is 0.0107. The summed E-state index contributed by atoms with van der Waals surface area (Å²) in [5, 5.41) is -0.478. The van der Waals surface area contributed by atoms with Gasteiger partial charge in [-0.2, -0.15) is 13.2 Å². The molecule has 1 rings (SSSR count). The Labute approximate surface area is 134 Å². The third kappa shape index (κ3) is 4.59. The van der Waals surface area contributed by atoms with E-state index in [9.17, 15) is 18.0 Å². The lowest BCUT2D eigenvalue weighted by molar-refractivity contribution is -0.137. The molecule has 3 nitrogen and oxygen atoms in total. The number of hydrogen-bond donors (Lipinski definition) is 2. The normalized spacial score (nSPS) is 12.2. The number of nitrogens with one attached hydrogen (secondary N) is 2. The molecule has 0 aliphatic rings. The number of carbonyl (C=O) groups excluding carboxylic acids is 1. The molecule has 0 atom stereocenters. The second-order valence-corrected chi connectivity index (χ2v) is 6.85. The molecule has 1 aromatic rings.